The van der Waals surface area contributed by atoms with Crippen LogP contribution >= 0.6 is 0 Å². The molecule has 3 nitrogen and oxygen atoms in total. The van der Waals surface area contributed by atoms with Gasteiger partial charge in [-0.25, -0.2) is 9.97 Å². The van der Waals surface area contributed by atoms with Crippen LogP contribution in [0.25, 0.3) is 10.9 Å². The maximum atomic E-state index is 10.3. The van der Waals surface area contributed by atoms with E-state index >= 15 is 0 Å². The molecule has 0 saturated heterocycles. The quantitative estimate of drug-likeness (QED) is 0.551. The number of aromatic nitrogens is 2. The number of aryl methyl sites for hydroxylation is 1. The minimum Gasteiger partial charge on any atom is -0.393 e. The number of rotatable bonds is 1. The second-order valence-electron chi connectivity index (χ2n) is 11.6. The molecule has 31 heavy (non-hydrogen) atoms. The normalized spacial score (nSPS) is 41.9. The van der Waals surface area contributed by atoms with Gasteiger partial charge in [0.2, 0.25) is 0 Å². The lowest BCUT2D eigenvalue weighted by atomic mass is 9.47. The van der Waals surface area contributed by atoms with E-state index in [4.69, 9.17) is 0 Å². The van der Waals surface area contributed by atoms with Crippen LogP contribution in [0.4, 0.5) is 0 Å². The predicted octanol–water partition coefficient (Wildman–Crippen LogP) is 6.35. The molecule has 3 saturated carbocycles. The van der Waals surface area contributed by atoms with E-state index in [0.717, 1.165) is 41.9 Å². The van der Waals surface area contributed by atoms with Crippen LogP contribution in [0.2, 0.25) is 0 Å². The third-order valence-corrected chi connectivity index (χ3v) is 10.2. The van der Waals surface area contributed by atoms with Gasteiger partial charge in [-0.3, -0.25) is 0 Å². The smallest absolute Gasteiger partial charge is 0.125 e. The molecule has 4 aliphatic carbocycles. The number of fused-ring (bicyclic) bond motifs is 6. The van der Waals surface area contributed by atoms with Crippen molar-refractivity contribution in [2.75, 3.05) is 0 Å². The molecule has 0 aliphatic heterocycles. The Hall–Kier alpha value is -1.74. The number of hydrogen-bond acceptors (Lipinski definition) is 3. The molecule has 3 heteroatoms. The van der Waals surface area contributed by atoms with Crippen molar-refractivity contribution in [2.45, 2.75) is 84.2 Å². The van der Waals surface area contributed by atoms with E-state index in [1.807, 2.05) is 13.1 Å². The van der Waals surface area contributed by atoms with Crippen molar-refractivity contribution in [3.63, 3.8) is 0 Å². The largest absolute Gasteiger partial charge is 0.393 e. The van der Waals surface area contributed by atoms with Gasteiger partial charge in [-0.15, -0.1) is 0 Å². The summed E-state index contributed by atoms with van der Waals surface area (Å²) in [7, 11) is 0. The molecule has 0 unspecified atom stereocenters. The van der Waals surface area contributed by atoms with E-state index in [-0.39, 0.29) is 6.10 Å². The second kappa shape index (κ2) is 6.88. The number of nitrogens with zero attached hydrogens (tertiary/aromatic N) is 2. The summed E-state index contributed by atoms with van der Waals surface area (Å²) in [6.45, 7) is 7.10. The standard InChI is InChI=1S/C28H36N2O/c1-17-29-16-19-14-18(4-9-26(19)30-17)23-7-8-24-22-6-5-20-15-21(31)10-12-27(20,2)25(22)11-13-28(23,24)3/h4-5,9,14,16,21-25,31H,6-8,10-13,15H2,1-3H3/t21-,22-,23+,24-,25-,27-,28+/m0/s1. The van der Waals surface area contributed by atoms with E-state index in [2.05, 4.69) is 48.1 Å². The van der Waals surface area contributed by atoms with Gasteiger partial charge in [0.1, 0.15) is 5.82 Å². The molecular formula is C28H36N2O. The highest BCUT2D eigenvalue weighted by atomic mass is 16.3. The lowest BCUT2D eigenvalue weighted by molar-refractivity contribution is -0.0409. The first-order valence-electron chi connectivity index (χ1n) is 12.5. The Bertz CT molecular complexity index is 1060. The predicted molar refractivity (Wildman–Crippen MR) is 125 cm³/mol. The Morgan fingerprint density at radius 1 is 1.03 bits per heavy atom. The Morgan fingerprint density at radius 3 is 2.77 bits per heavy atom. The highest BCUT2D eigenvalue weighted by Crippen LogP contribution is 2.68. The van der Waals surface area contributed by atoms with E-state index < -0.39 is 0 Å². The zero-order valence-electron chi connectivity index (χ0n) is 19.3. The van der Waals surface area contributed by atoms with Gasteiger partial charge in [0.25, 0.3) is 0 Å². The van der Waals surface area contributed by atoms with Crippen LogP contribution in [0, 0.1) is 35.5 Å². The minimum atomic E-state index is -0.110. The second-order valence-corrected chi connectivity index (χ2v) is 11.6. The molecule has 1 aromatic heterocycles. The molecule has 6 rings (SSSR count). The number of benzene rings is 1. The molecule has 0 radical (unpaired) electrons. The Balaban J connectivity index is 1.32. The Kier molecular flexibility index (Phi) is 4.42. The minimum absolute atomic E-state index is 0.110. The van der Waals surface area contributed by atoms with Crippen molar-refractivity contribution >= 4 is 10.9 Å². The summed E-state index contributed by atoms with van der Waals surface area (Å²) in [6, 6.07) is 6.94. The molecule has 7 atom stereocenters. The topological polar surface area (TPSA) is 46.0 Å². The van der Waals surface area contributed by atoms with Gasteiger partial charge in [-0.1, -0.05) is 31.6 Å². The van der Waals surface area contributed by atoms with Crippen molar-refractivity contribution in [1.29, 1.82) is 0 Å². The SMILES string of the molecule is Cc1ncc2cc([C@H]3CC[C@H]4[C@@H]5CC=C6C[C@@H](O)CC[C@]6(C)[C@H]5CC[C@]34C)ccc2n1. The van der Waals surface area contributed by atoms with Crippen LogP contribution in [-0.2, 0) is 0 Å². The van der Waals surface area contributed by atoms with Crippen LogP contribution < -0.4 is 0 Å². The van der Waals surface area contributed by atoms with E-state index in [1.165, 1.54) is 49.5 Å². The third-order valence-electron chi connectivity index (χ3n) is 10.2. The summed E-state index contributed by atoms with van der Waals surface area (Å²) in [6.07, 6.45) is 14.1. The monoisotopic (exact) mass is 416 g/mol. The molecule has 0 amide bonds. The fourth-order valence-electron chi connectivity index (χ4n) is 8.55. The number of hydrogen-bond donors (Lipinski definition) is 1. The van der Waals surface area contributed by atoms with Crippen molar-refractivity contribution in [3.05, 3.63) is 47.4 Å². The van der Waals surface area contributed by atoms with Gasteiger partial charge in [0.15, 0.2) is 0 Å². The highest BCUT2D eigenvalue weighted by Gasteiger charge is 2.58. The summed E-state index contributed by atoms with van der Waals surface area (Å²) in [5.41, 5.74) is 4.88. The van der Waals surface area contributed by atoms with Gasteiger partial charge in [0, 0.05) is 11.6 Å². The number of aliphatic hydroxyl groups excluding tert-OH is 1. The average molecular weight is 417 g/mol. The van der Waals surface area contributed by atoms with Gasteiger partial charge in [0.05, 0.1) is 11.6 Å². The van der Waals surface area contributed by atoms with Gasteiger partial charge < -0.3 is 5.11 Å². The van der Waals surface area contributed by atoms with Gasteiger partial charge in [-0.05, 0) is 110 Å². The van der Waals surface area contributed by atoms with E-state index in [0.29, 0.717) is 16.7 Å². The molecule has 1 heterocycles. The van der Waals surface area contributed by atoms with E-state index in [9.17, 15) is 5.11 Å². The zero-order chi connectivity index (χ0) is 21.4. The summed E-state index contributed by atoms with van der Waals surface area (Å²) in [5.74, 6) is 3.95. The fraction of sp³-hybridized carbons (Fsp3) is 0.643. The molecule has 1 aromatic carbocycles. The molecule has 0 spiro atoms. The first-order chi connectivity index (χ1) is 14.9. The first kappa shape index (κ1) is 19.9. The molecule has 164 valence electrons. The van der Waals surface area contributed by atoms with Crippen LogP contribution in [-0.4, -0.2) is 21.2 Å². The number of allylic oxidation sites excluding steroid dienone is 1. The lowest BCUT2D eigenvalue weighted by Crippen LogP contribution is -2.50. The van der Waals surface area contributed by atoms with Gasteiger partial charge >= 0.3 is 0 Å². The van der Waals surface area contributed by atoms with Crippen LogP contribution in [0.1, 0.15) is 82.5 Å². The highest BCUT2D eigenvalue weighted by molar-refractivity contribution is 5.78. The molecule has 3 fully saturated rings. The number of aliphatic hydroxyl groups is 1. The van der Waals surface area contributed by atoms with Crippen LogP contribution in [0.5, 0.6) is 0 Å². The van der Waals surface area contributed by atoms with Crippen molar-refractivity contribution < 1.29 is 5.11 Å². The molecule has 4 aliphatic rings. The van der Waals surface area contributed by atoms with Crippen LogP contribution in [0.15, 0.2) is 36.0 Å². The fourth-order valence-corrected chi connectivity index (χ4v) is 8.55. The van der Waals surface area contributed by atoms with Crippen molar-refractivity contribution in [1.82, 2.24) is 9.97 Å². The summed E-state index contributed by atoms with van der Waals surface area (Å²) < 4.78 is 0. The first-order valence-corrected chi connectivity index (χ1v) is 12.5. The average Bonchev–Trinajstić information content (AvgIpc) is 3.11. The Morgan fingerprint density at radius 2 is 1.90 bits per heavy atom. The van der Waals surface area contributed by atoms with E-state index in [1.54, 1.807) is 5.57 Å². The molecule has 1 N–H and O–H groups in total. The maximum Gasteiger partial charge on any atom is 0.125 e. The summed E-state index contributed by atoms with van der Waals surface area (Å²) in [5, 5.41) is 11.4. The maximum absolute atomic E-state index is 10.3. The van der Waals surface area contributed by atoms with Crippen LogP contribution in [0.3, 0.4) is 0 Å². The molecular weight excluding hydrogens is 380 g/mol. The van der Waals surface area contributed by atoms with Crippen molar-refractivity contribution in [3.8, 4) is 0 Å². The van der Waals surface area contributed by atoms with Gasteiger partial charge in [-0.2, -0.15) is 0 Å². The summed E-state index contributed by atoms with van der Waals surface area (Å²) in [4.78, 5) is 9.06. The van der Waals surface area contributed by atoms with Crippen molar-refractivity contribution in [2.24, 2.45) is 28.6 Å². The molecule has 2 aromatic rings. The third kappa shape index (κ3) is 2.88. The zero-order valence-corrected chi connectivity index (χ0v) is 19.3. The lowest BCUT2D eigenvalue weighted by Gasteiger charge is -2.58. The molecule has 0 bridgehead atoms. The summed E-state index contributed by atoms with van der Waals surface area (Å²) >= 11 is 0. The Labute approximate surface area is 186 Å².